The summed E-state index contributed by atoms with van der Waals surface area (Å²) in [5.41, 5.74) is -0.496. The van der Waals surface area contributed by atoms with Crippen molar-refractivity contribution in [1.82, 2.24) is 4.90 Å². The van der Waals surface area contributed by atoms with Gasteiger partial charge in [0, 0.05) is 19.0 Å². The summed E-state index contributed by atoms with van der Waals surface area (Å²) >= 11 is 0. The molecule has 2 rings (SSSR count). The minimum atomic E-state index is -0.660. The van der Waals surface area contributed by atoms with Crippen molar-refractivity contribution in [2.75, 3.05) is 27.3 Å². The van der Waals surface area contributed by atoms with Crippen LogP contribution in [0.15, 0.2) is 12.1 Å². The summed E-state index contributed by atoms with van der Waals surface area (Å²) < 4.78 is 10.1. The number of carbonyl (C=O) groups is 2. The molecule has 21 heavy (non-hydrogen) atoms. The smallest absolute Gasteiger partial charge is 0.286 e. The first-order valence-corrected chi connectivity index (χ1v) is 6.19. The minimum Gasteiger partial charge on any atom is -0.493 e. The highest BCUT2D eigenvalue weighted by atomic mass is 16.6. The monoisotopic (exact) mass is 294 g/mol. The average molecular weight is 294 g/mol. The van der Waals surface area contributed by atoms with Gasteiger partial charge in [0.1, 0.15) is 5.56 Å². The van der Waals surface area contributed by atoms with Gasteiger partial charge in [0.2, 0.25) is 0 Å². The van der Waals surface area contributed by atoms with Gasteiger partial charge in [-0.15, -0.1) is 0 Å². The molecule has 1 saturated heterocycles. The van der Waals surface area contributed by atoms with Crippen LogP contribution < -0.4 is 9.47 Å². The molecule has 1 aromatic rings. The van der Waals surface area contributed by atoms with Gasteiger partial charge in [-0.3, -0.25) is 19.7 Å². The van der Waals surface area contributed by atoms with Crippen LogP contribution in [0.1, 0.15) is 16.8 Å². The van der Waals surface area contributed by atoms with Crippen molar-refractivity contribution in [1.29, 1.82) is 0 Å². The molecule has 0 bridgehead atoms. The van der Waals surface area contributed by atoms with Gasteiger partial charge in [0.25, 0.3) is 11.6 Å². The van der Waals surface area contributed by atoms with Crippen molar-refractivity contribution in [2.45, 2.75) is 6.42 Å². The first-order chi connectivity index (χ1) is 9.97. The van der Waals surface area contributed by atoms with Crippen LogP contribution in [-0.2, 0) is 4.79 Å². The van der Waals surface area contributed by atoms with Crippen LogP contribution in [0.3, 0.4) is 0 Å². The molecule has 0 atom stereocenters. The number of rotatable bonds is 4. The summed E-state index contributed by atoms with van der Waals surface area (Å²) in [7, 11) is 2.72. The van der Waals surface area contributed by atoms with E-state index in [4.69, 9.17) is 9.47 Å². The number of hydrogen-bond acceptors (Lipinski definition) is 6. The van der Waals surface area contributed by atoms with E-state index in [0.29, 0.717) is 0 Å². The maximum absolute atomic E-state index is 12.4. The molecule has 1 fully saturated rings. The van der Waals surface area contributed by atoms with Gasteiger partial charge >= 0.3 is 0 Å². The summed E-state index contributed by atoms with van der Waals surface area (Å²) in [6.07, 6.45) is 0.271. The number of hydrogen-bond donors (Lipinski definition) is 0. The van der Waals surface area contributed by atoms with E-state index in [1.807, 2.05) is 0 Å². The van der Waals surface area contributed by atoms with Crippen molar-refractivity contribution in [3.05, 3.63) is 27.8 Å². The lowest BCUT2D eigenvalue weighted by Gasteiger charge is -2.16. The number of ether oxygens (including phenoxy) is 2. The maximum Gasteiger partial charge on any atom is 0.286 e. The highest BCUT2D eigenvalue weighted by molar-refractivity contribution is 6.02. The van der Waals surface area contributed by atoms with E-state index in [9.17, 15) is 19.7 Å². The number of Topliss-reactive ketones (excluding diaryl/α,β-unsaturated/α-hetero) is 1. The van der Waals surface area contributed by atoms with E-state index in [1.54, 1.807) is 0 Å². The van der Waals surface area contributed by atoms with Gasteiger partial charge < -0.3 is 14.4 Å². The molecule has 1 heterocycles. The molecule has 0 saturated carbocycles. The number of nitro benzene ring substituents is 1. The topological polar surface area (TPSA) is 99.0 Å². The first-order valence-electron chi connectivity index (χ1n) is 6.19. The number of amides is 1. The molecule has 0 unspecified atom stereocenters. The summed E-state index contributed by atoms with van der Waals surface area (Å²) in [5, 5.41) is 11.1. The molecule has 1 aliphatic rings. The van der Waals surface area contributed by atoms with Gasteiger partial charge in [-0.1, -0.05) is 0 Å². The van der Waals surface area contributed by atoms with Gasteiger partial charge in [-0.25, -0.2) is 0 Å². The van der Waals surface area contributed by atoms with E-state index < -0.39 is 10.8 Å². The van der Waals surface area contributed by atoms with Crippen LogP contribution in [0.25, 0.3) is 0 Å². The average Bonchev–Trinajstić information content (AvgIpc) is 2.91. The predicted molar refractivity (Wildman–Crippen MR) is 71.7 cm³/mol. The number of methoxy groups -OCH3 is 2. The standard InChI is InChI=1S/C13H14N2O6/c1-20-11-5-9(10(15(18)19)6-12(11)21-2)13(17)14-4-3-8(16)7-14/h5-6H,3-4,7H2,1-2H3. The van der Waals surface area contributed by atoms with Crippen molar-refractivity contribution >= 4 is 17.4 Å². The predicted octanol–water partition coefficient (Wildman–Crippen LogP) is 1.03. The Balaban J connectivity index is 2.47. The van der Waals surface area contributed by atoms with E-state index in [1.165, 1.54) is 25.2 Å². The Kier molecular flexibility index (Phi) is 4.06. The number of carbonyl (C=O) groups excluding carboxylic acids is 2. The zero-order chi connectivity index (χ0) is 15.6. The molecule has 8 heteroatoms. The third-order valence-electron chi connectivity index (χ3n) is 3.24. The fourth-order valence-corrected chi connectivity index (χ4v) is 2.16. The van der Waals surface area contributed by atoms with Crippen molar-refractivity contribution < 1.29 is 24.0 Å². The zero-order valence-electron chi connectivity index (χ0n) is 11.6. The number of ketones is 1. The van der Waals surface area contributed by atoms with Crippen LogP contribution in [-0.4, -0.2) is 48.8 Å². The Bertz CT molecular complexity index is 613. The lowest BCUT2D eigenvalue weighted by Crippen LogP contribution is -2.29. The third-order valence-corrected chi connectivity index (χ3v) is 3.24. The fourth-order valence-electron chi connectivity index (χ4n) is 2.16. The molecule has 0 aliphatic carbocycles. The van der Waals surface area contributed by atoms with Crippen molar-refractivity contribution in [2.24, 2.45) is 0 Å². The van der Waals surface area contributed by atoms with Gasteiger partial charge in [-0.05, 0) is 0 Å². The maximum atomic E-state index is 12.4. The van der Waals surface area contributed by atoms with Gasteiger partial charge in [0.05, 0.1) is 31.8 Å². The summed E-state index contributed by atoms with van der Waals surface area (Å²) in [5.74, 6) is -0.241. The molecule has 0 radical (unpaired) electrons. The van der Waals surface area contributed by atoms with Crippen molar-refractivity contribution in [3.8, 4) is 11.5 Å². The highest BCUT2D eigenvalue weighted by Gasteiger charge is 2.31. The summed E-state index contributed by atoms with van der Waals surface area (Å²) in [6, 6.07) is 2.41. The fraction of sp³-hybridized carbons (Fsp3) is 0.385. The molecule has 1 aromatic carbocycles. The van der Waals surface area contributed by atoms with Gasteiger partial charge in [0.15, 0.2) is 17.3 Å². The summed E-state index contributed by atoms with van der Waals surface area (Å²) in [6.45, 7) is 0.244. The number of nitro groups is 1. The van der Waals surface area contributed by atoms with Crippen LogP contribution in [0, 0.1) is 10.1 Å². The van der Waals surface area contributed by atoms with E-state index in [-0.39, 0.29) is 48.0 Å². The second-order valence-electron chi connectivity index (χ2n) is 4.50. The Morgan fingerprint density at radius 2 is 1.90 bits per heavy atom. The van der Waals surface area contributed by atoms with E-state index in [0.717, 1.165) is 6.07 Å². The lowest BCUT2D eigenvalue weighted by molar-refractivity contribution is -0.385. The Labute approximate surface area is 120 Å². The molecular formula is C13H14N2O6. The van der Waals surface area contributed by atoms with Crippen molar-refractivity contribution in [3.63, 3.8) is 0 Å². The largest absolute Gasteiger partial charge is 0.493 e. The van der Waals surface area contributed by atoms with Crippen LogP contribution in [0.5, 0.6) is 11.5 Å². The molecule has 0 spiro atoms. The normalized spacial score (nSPS) is 14.2. The second-order valence-corrected chi connectivity index (χ2v) is 4.50. The van der Waals surface area contributed by atoms with E-state index >= 15 is 0 Å². The number of likely N-dealkylation sites (tertiary alicyclic amines) is 1. The number of nitrogens with zero attached hydrogens (tertiary/aromatic N) is 2. The van der Waals surface area contributed by atoms with Crippen LogP contribution >= 0.6 is 0 Å². The zero-order valence-corrected chi connectivity index (χ0v) is 11.6. The molecule has 112 valence electrons. The molecule has 8 nitrogen and oxygen atoms in total. The van der Waals surface area contributed by atoms with E-state index in [2.05, 4.69) is 0 Å². The van der Waals surface area contributed by atoms with Gasteiger partial charge in [-0.2, -0.15) is 0 Å². The minimum absolute atomic E-state index is 0.0235. The Morgan fingerprint density at radius 3 is 2.38 bits per heavy atom. The second kappa shape index (κ2) is 5.78. The Hall–Kier alpha value is -2.64. The SMILES string of the molecule is COc1cc(C(=O)N2CCC(=O)C2)c([N+](=O)[O-])cc1OC. The first kappa shape index (κ1) is 14.8. The third kappa shape index (κ3) is 2.78. The highest BCUT2D eigenvalue weighted by Crippen LogP contribution is 2.35. The summed E-state index contributed by atoms with van der Waals surface area (Å²) in [4.78, 5) is 35.4. The van der Waals surface area contributed by atoms with Crippen LogP contribution in [0.2, 0.25) is 0 Å². The van der Waals surface area contributed by atoms with Crippen LogP contribution in [0.4, 0.5) is 5.69 Å². The number of benzene rings is 1. The Morgan fingerprint density at radius 1 is 1.29 bits per heavy atom. The molecule has 1 amide bonds. The molecule has 0 N–H and O–H groups in total. The molecular weight excluding hydrogens is 280 g/mol. The lowest BCUT2D eigenvalue weighted by atomic mass is 10.1. The molecule has 0 aromatic heterocycles. The molecule has 1 aliphatic heterocycles. The quantitative estimate of drug-likeness (QED) is 0.607.